The molecule has 0 fully saturated rings. The van der Waals surface area contributed by atoms with Crippen LogP contribution in [0.3, 0.4) is 0 Å². The summed E-state index contributed by atoms with van der Waals surface area (Å²) in [6.07, 6.45) is 3.01. The molecule has 0 aliphatic heterocycles. The van der Waals surface area contributed by atoms with E-state index in [2.05, 4.69) is 13.9 Å². The topological polar surface area (TPSA) is 148 Å². The minimum atomic E-state index is -4.92. The van der Waals surface area contributed by atoms with E-state index in [1.165, 1.54) is 38.3 Å². The van der Waals surface area contributed by atoms with Crippen LogP contribution in [-0.4, -0.2) is 42.5 Å². The summed E-state index contributed by atoms with van der Waals surface area (Å²) in [4.78, 5) is 21.5. The fourth-order valence-corrected chi connectivity index (χ4v) is 3.63. The smallest absolute Gasteiger partial charge is 0.330 e. The molecule has 2 aromatic carbocycles. The summed E-state index contributed by atoms with van der Waals surface area (Å²) in [6.45, 7) is 1.27. The summed E-state index contributed by atoms with van der Waals surface area (Å²) >= 11 is -4.92. The number of carbonyl (C=O) groups excluding carboxylic acids is 2. The van der Waals surface area contributed by atoms with Gasteiger partial charge in [0.25, 0.3) is 0 Å². The van der Waals surface area contributed by atoms with Crippen molar-refractivity contribution in [3.8, 4) is 0 Å². The molecule has 0 aliphatic carbocycles. The third-order valence-corrected chi connectivity index (χ3v) is 5.71. The van der Waals surface area contributed by atoms with Crippen molar-refractivity contribution in [1.82, 2.24) is 0 Å². The first-order chi connectivity index (χ1) is 13.2. The molecule has 0 aromatic heterocycles. The zero-order chi connectivity index (χ0) is 21.2. The number of amides is 1. The largest absolute Gasteiger partial charge is 0.466 e. The van der Waals surface area contributed by atoms with Crippen LogP contribution in [0.5, 0.6) is 0 Å². The Morgan fingerprint density at radius 1 is 1.18 bits per heavy atom. The van der Waals surface area contributed by atoms with Crippen molar-refractivity contribution >= 4 is 47.9 Å². The maximum Gasteiger partial charge on any atom is 0.330 e. The van der Waals surface area contributed by atoms with Gasteiger partial charge < -0.3 is 10.5 Å². The van der Waals surface area contributed by atoms with Crippen LogP contribution >= 0.6 is 0 Å². The van der Waals surface area contributed by atoms with Gasteiger partial charge in [0, 0.05) is 11.8 Å². The molecule has 1 unspecified atom stereocenters. The normalized spacial score (nSPS) is 12.4. The van der Waals surface area contributed by atoms with E-state index in [1.807, 2.05) is 12.1 Å². The van der Waals surface area contributed by atoms with E-state index >= 15 is 0 Å². The molecule has 0 heterocycles. The zero-order valence-corrected chi connectivity index (χ0v) is 17.1. The number of carbonyl (C=O) groups is 2. The number of nitrogens with one attached hydrogen (secondary N) is 1. The number of hydrogen-bond donors (Lipinski definition) is 4. The molecule has 0 saturated carbocycles. The van der Waals surface area contributed by atoms with Crippen LogP contribution in [0.2, 0.25) is 0 Å². The Morgan fingerprint density at radius 3 is 2.43 bits per heavy atom. The van der Waals surface area contributed by atoms with Gasteiger partial charge in [-0.2, -0.15) is 0 Å². The maximum absolute atomic E-state index is 11.4. The monoisotopic (exact) mass is 452 g/mol. The molecule has 0 radical (unpaired) electrons. The number of para-hydroxylation sites is 1. The first-order valence-corrected chi connectivity index (χ1v) is 11.1. The van der Waals surface area contributed by atoms with Gasteiger partial charge in [-0.3, -0.25) is 0 Å². The summed E-state index contributed by atoms with van der Waals surface area (Å²) in [6, 6.07) is 13.1. The number of ether oxygens (including phenoxy) is 1. The molecule has 1 atom stereocenters. The fourth-order valence-electron chi connectivity index (χ4n) is 1.95. The second-order valence-electron chi connectivity index (χ2n) is 5.33. The average Bonchev–Trinajstić information content (AvgIpc) is 2.66. The molecule has 2 rings (SSSR count). The van der Waals surface area contributed by atoms with Gasteiger partial charge in [-0.15, -0.1) is 0 Å². The Morgan fingerprint density at radius 2 is 1.86 bits per heavy atom. The minimum absolute atomic E-state index is 0.103. The molecule has 28 heavy (non-hydrogen) atoms. The Bertz CT molecular complexity index is 899. The summed E-state index contributed by atoms with van der Waals surface area (Å²) < 4.78 is 28.6. The predicted molar refractivity (Wildman–Crippen MR) is 105 cm³/mol. The average molecular weight is 452 g/mol. The van der Waals surface area contributed by atoms with Crippen LogP contribution in [0, 0.1) is 0 Å². The molecular weight excluding hydrogens is 431 g/mol. The summed E-state index contributed by atoms with van der Waals surface area (Å²) in [7, 11) is 1.34. The van der Waals surface area contributed by atoms with E-state index in [-0.39, 0.29) is 21.9 Å². The second kappa shape index (κ2) is 11.1. The van der Waals surface area contributed by atoms with E-state index < -0.39 is 14.2 Å². The first kappa shape index (κ1) is 23.2. The van der Waals surface area contributed by atoms with Gasteiger partial charge in [0.2, 0.25) is 0 Å². The molecule has 10 heteroatoms. The van der Waals surface area contributed by atoms with Crippen molar-refractivity contribution in [2.45, 2.75) is 6.92 Å². The van der Waals surface area contributed by atoms with E-state index in [4.69, 9.17) is 11.0 Å². The van der Waals surface area contributed by atoms with Crippen molar-refractivity contribution in [1.29, 1.82) is 0 Å². The third kappa shape index (κ3) is 7.81. The van der Waals surface area contributed by atoms with Gasteiger partial charge in [0.05, 0.1) is 7.11 Å². The Labute approximate surface area is 164 Å². The van der Waals surface area contributed by atoms with Gasteiger partial charge >= 0.3 is 94.4 Å². The van der Waals surface area contributed by atoms with Crippen molar-refractivity contribution in [2.75, 3.05) is 18.2 Å². The number of rotatable bonds is 5. The quantitative estimate of drug-likeness (QED) is 0.132. The van der Waals surface area contributed by atoms with E-state index in [1.54, 1.807) is 24.3 Å². The van der Waals surface area contributed by atoms with Gasteiger partial charge in [-0.25, -0.2) is 4.79 Å². The first-order valence-electron chi connectivity index (χ1n) is 7.84. The van der Waals surface area contributed by atoms with Crippen LogP contribution in [0.15, 0.2) is 54.6 Å². The van der Waals surface area contributed by atoms with Crippen LogP contribution in [0.25, 0.3) is 6.08 Å². The molecule has 0 bridgehead atoms. The SMILES string of the molecule is CC(=O)Nc1ccccc1[As](=O)(O)OO.COC(=O)C=Cc1cccc(N)c1. The standard InChI is InChI=1S/C10H11NO2.C8H10AsNO5/c1-13-10(12)6-5-8-3-2-4-9(11)7-8;1-6(11)10-8-5-3-2-4-7(8)9(12,13)15-14/h2-7H,11H2,1H3;2-5,14H,1H3,(H,10,11)(H,12,13). The summed E-state index contributed by atoms with van der Waals surface area (Å²) in [5.41, 5.74) is 7.26. The van der Waals surface area contributed by atoms with Crippen molar-refractivity contribution in [2.24, 2.45) is 0 Å². The number of nitrogen functional groups attached to an aromatic ring is 1. The Balaban J connectivity index is 0.000000283. The number of nitrogens with two attached hydrogens (primary N) is 1. The van der Waals surface area contributed by atoms with E-state index in [0.717, 1.165) is 5.56 Å². The molecule has 0 spiro atoms. The van der Waals surface area contributed by atoms with Crippen molar-refractivity contribution < 1.29 is 31.3 Å². The molecule has 0 aliphatic rings. The molecule has 150 valence electrons. The maximum atomic E-state index is 11.4. The summed E-state index contributed by atoms with van der Waals surface area (Å²) in [5.74, 6) is -0.752. The molecule has 1 amide bonds. The summed E-state index contributed by atoms with van der Waals surface area (Å²) in [5, 5.41) is 10.7. The number of esters is 1. The predicted octanol–water partition coefficient (Wildman–Crippen LogP) is 1.16. The number of hydrogen-bond acceptors (Lipinski definition) is 7. The van der Waals surface area contributed by atoms with Gasteiger partial charge in [-0.1, -0.05) is 12.1 Å². The van der Waals surface area contributed by atoms with Crippen molar-refractivity contribution in [3.63, 3.8) is 0 Å². The van der Waals surface area contributed by atoms with Gasteiger partial charge in [0.15, 0.2) is 0 Å². The number of methoxy groups -OCH3 is 1. The molecule has 0 saturated heterocycles. The molecule has 9 nitrogen and oxygen atoms in total. The molecular formula is C18H21AsN2O7. The Hall–Kier alpha value is -2.84. The fraction of sp³-hybridized carbons (Fsp3) is 0.111. The minimum Gasteiger partial charge on any atom is -0.466 e. The van der Waals surface area contributed by atoms with E-state index in [9.17, 15) is 17.4 Å². The second-order valence-corrected chi connectivity index (χ2v) is 8.86. The Kier molecular flexibility index (Phi) is 9.20. The molecule has 2 aromatic rings. The zero-order valence-electron chi connectivity index (χ0n) is 15.2. The van der Waals surface area contributed by atoms with Crippen molar-refractivity contribution in [3.05, 3.63) is 60.2 Å². The van der Waals surface area contributed by atoms with Gasteiger partial charge in [-0.05, 0) is 23.8 Å². The van der Waals surface area contributed by atoms with Crippen LogP contribution in [0.4, 0.5) is 11.4 Å². The van der Waals surface area contributed by atoms with Crippen LogP contribution in [0.1, 0.15) is 12.5 Å². The number of benzene rings is 2. The molecule has 5 N–H and O–H groups in total. The van der Waals surface area contributed by atoms with Crippen LogP contribution < -0.4 is 15.4 Å². The number of anilines is 2. The van der Waals surface area contributed by atoms with Crippen LogP contribution in [-0.2, 0) is 21.9 Å². The van der Waals surface area contributed by atoms with Gasteiger partial charge in [0.1, 0.15) is 0 Å². The third-order valence-electron chi connectivity index (χ3n) is 3.15. The van der Waals surface area contributed by atoms with E-state index in [0.29, 0.717) is 5.69 Å².